The summed E-state index contributed by atoms with van der Waals surface area (Å²) in [5.41, 5.74) is 4.48. The first-order chi connectivity index (χ1) is 14.3. The Hall–Kier alpha value is -1.79. The fourth-order valence-corrected chi connectivity index (χ4v) is 5.36. The number of fused-ring (bicyclic) bond motifs is 1. The summed E-state index contributed by atoms with van der Waals surface area (Å²) in [6.07, 6.45) is 6.93. The molecule has 4 rings (SSSR count). The molecule has 5 nitrogen and oxygen atoms in total. The minimum atomic E-state index is -0.274. The highest BCUT2D eigenvalue weighted by Crippen LogP contribution is 2.32. The number of carbonyl (C=O) groups is 1. The number of aromatic nitrogens is 1. The van der Waals surface area contributed by atoms with Gasteiger partial charge in [-0.15, -0.1) is 0 Å². The van der Waals surface area contributed by atoms with Crippen molar-refractivity contribution >= 4 is 33.1 Å². The van der Waals surface area contributed by atoms with Crippen molar-refractivity contribution < 1.29 is 9.53 Å². The molecule has 0 aliphatic carbocycles. The third-order valence-corrected chi connectivity index (χ3v) is 6.88. The van der Waals surface area contributed by atoms with Crippen LogP contribution in [-0.2, 0) is 4.74 Å². The van der Waals surface area contributed by atoms with E-state index in [9.17, 15) is 4.79 Å². The number of piperidine rings is 1. The van der Waals surface area contributed by atoms with Crippen LogP contribution < -0.4 is 0 Å². The van der Waals surface area contributed by atoms with E-state index in [1.807, 2.05) is 32.9 Å². The molecular formula is C24H32BrN3O2. The molecule has 2 aliphatic heterocycles. The molecule has 2 aromatic rings. The number of carbonyl (C=O) groups excluding carboxylic acids is 1. The lowest BCUT2D eigenvalue weighted by molar-refractivity contribution is 0.0377. The molecule has 6 heteroatoms. The van der Waals surface area contributed by atoms with Crippen LogP contribution in [0.1, 0.15) is 61.1 Å². The molecule has 2 saturated heterocycles. The lowest BCUT2D eigenvalue weighted by Gasteiger charge is -2.39. The van der Waals surface area contributed by atoms with Crippen molar-refractivity contribution in [2.24, 2.45) is 0 Å². The van der Waals surface area contributed by atoms with Crippen molar-refractivity contribution in [2.75, 3.05) is 26.2 Å². The van der Waals surface area contributed by atoms with Gasteiger partial charge in [0.15, 0.2) is 0 Å². The Kier molecular flexibility index (Phi) is 6.26. The second kappa shape index (κ2) is 8.75. The zero-order valence-corrected chi connectivity index (χ0v) is 19.9. The van der Waals surface area contributed by atoms with Gasteiger partial charge in [-0.1, -0.05) is 6.58 Å². The van der Waals surface area contributed by atoms with E-state index in [0.717, 1.165) is 40.0 Å². The van der Waals surface area contributed by atoms with Crippen LogP contribution in [0.4, 0.5) is 0 Å². The van der Waals surface area contributed by atoms with E-state index in [4.69, 9.17) is 4.74 Å². The molecule has 0 spiro atoms. The van der Waals surface area contributed by atoms with Crippen molar-refractivity contribution in [2.45, 2.75) is 58.6 Å². The molecule has 2 aliphatic rings. The Labute approximate surface area is 187 Å². The molecule has 30 heavy (non-hydrogen) atoms. The quantitative estimate of drug-likeness (QED) is 0.565. The fourth-order valence-electron chi connectivity index (χ4n) is 4.92. The summed E-state index contributed by atoms with van der Waals surface area (Å²) in [6, 6.07) is 4.65. The van der Waals surface area contributed by atoms with Gasteiger partial charge in [-0.2, -0.15) is 0 Å². The molecular weight excluding hydrogens is 442 g/mol. The molecule has 0 saturated carbocycles. The van der Waals surface area contributed by atoms with E-state index >= 15 is 0 Å². The van der Waals surface area contributed by atoms with Crippen LogP contribution in [0.2, 0.25) is 0 Å². The highest BCUT2D eigenvalue weighted by molar-refractivity contribution is 9.10. The Morgan fingerprint density at radius 2 is 1.83 bits per heavy atom. The highest BCUT2D eigenvalue weighted by Gasteiger charge is 2.29. The van der Waals surface area contributed by atoms with E-state index < -0.39 is 0 Å². The largest absolute Gasteiger partial charge is 0.459 e. The summed E-state index contributed by atoms with van der Waals surface area (Å²) in [5, 5.41) is 0. The summed E-state index contributed by atoms with van der Waals surface area (Å²) in [7, 11) is 0. The van der Waals surface area contributed by atoms with Gasteiger partial charge < -0.3 is 18.9 Å². The van der Waals surface area contributed by atoms with Crippen LogP contribution in [0.3, 0.4) is 0 Å². The second-order valence-corrected chi connectivity index (χ2v) is 9.76. The first-order valence-corrected chi connectivity index (χ1v) is 11.8. The van der Waals surface area contributed by atoms with E-state index in [1.54, 1.807) is 0 Å². The van der Waals surface area contributed by atoms with Crippen molar-refractivity contribution in [3.63, 3.8) is 0 Å². The smallest absolute Gasteiger partial charge is 0.338 e. The van der Waals surface area contributed by atoms with E-state index in [2.05, 4.69) is 42.9 Å². The molecule has 0 N–H and O–H groups in total. The number of pyridine rings is 1. The molecule has 2 fully saturated rings. The van der Waals surface area contributed by atoms with Crippen LogP contribution in [0.15, 0.2) is 29.4 Å². The Morgan fingerprint density at radius 3 is 2.47 bits per heavy atom. The van der Waals surface area contributed by atoms with Crippen LogP contribution in [-0.4, -0.2) is 58.5 Å². The fraction of sp³-hybridized carbons (Fsp3) is 0.542. The minimum Gasteiger partial charge on any atom is -0.459 e. The summed E-state index contributed by atoms with van der Waals surface area (Å²) in [6.45, 7) is 14.7. The van der Waals surface area contributed by atoms with Gasteiger partial charge in [-0.25, -0.2) is 4.79 Å². The number of nitrogens with zero attached hydrogens (tertiary/aromatic N) is 3. The average molecular weight is 474 g/mol. The van der Waals surface area contributed by atoms with E-state index in [-0.39, 0.29) is 12.1 Å². The molecule has 0 radical (unpaired) electrons. The predicted octanol–water partition coefficient (Wildman–Crippen LogP) is 5.11. The maximum Gasteiger partial charge on any atom is 0.338 e. The Balaban J connectivity index is 1.63. The number of hydrogen-bond donors (Lipinski definition) is 0. The number of hydrogen-bond acceptors (Lipinski definition) is 4. The maximum absolute atomic E-state index is 12.8. The van der Waals surface area contributed by atoms with Crippen molar-refractivity contribution in [1.82, 2.24) is 14.2 Å². The van der Waals surface area contributed by atoms with Gasteiger partial charge in [0, 0.05) is 35.3 Å². The molecule has 0 unspecified atom stereocenters. The monoisotopic (exact) mass is 473 g/mol. The number of likely N-dealkylation sites (tertiary alicyclic amines) is 2. The summed E-state index contributed by atoms with van der Waals surface area (Å²) in [4.78, 5) is 17.8. The topological polar surface area (TPSA) is 37.2 Å². The number of rotatable bonds is 5. The third kappa shape index (κ3) is 4.17. The molecule has 0 aromatic carbocycles. The lowest BCUT2D eigenvalue weighted by atomic mass is 10.00. The van der Waals surface area contributed by atoms with Crippen molar-refractivity contribution in [3.8, 4) is 0 Å². The van der Waals surface area contributed by atoms with E-state index in [1.165, 1.54) is 38.8 Å². The molecule has 2 aromatic heterocycles. The van der Waals surface area contributed by atoms with Crippen LogP contribution in [0, 0.1) is 6.92 Å². The number of esters is 1. The van der Waals surface area contributed by atoms with Gasteiger partial charge in [0.2, 0.25) is 0 Å². The standard InChI is InChI=1S/C24H32BrN3O2/c1-16(2)30-24(29)22-14-21-13-19(25)15-28(21)23(17(22)3)18(4)26-11-7-20(8-12-26)27-9-5-6-10-27/h13-16,20H,4-12H2,1-3H3. The summed E-state index contributed by atoms with van der Waals surface area (Å²) in [5.74, 6) is -0.274. The molecule has 0 atom stereocenters. The zero-order valence-electron chi connectivity index (χ0n) is 18.3. The molecule has 162 valence electrons. The normalized spacial score (nSPS) is 18.5. The van der Waals surface area contributed by atoms with Gasteiger partial charge in [0.1, 0.15) is 0 Å². The van der Waals surface area contributed by atoms with Crippen molar-refractivity contribution in [3.05, 3.63) is 46.2 Å². The maximum atomic E-state index is 12.8. The van der Waals surface area contributed by atoms with Crippen LogP contribution in [0.25, 0.3) is 11.2 Å². The van der Waals surface area contributed by atoms with E-state index in [0.29, 0.717) is 11.6 Å². The number of ether oxygens (including phenoxy) is 1. The predicted molar refractivity (Wildman–Crippen MR) is 125 cm³/mol. The van der Waals surface area contributed by atoms with Gasteiger partial charge in [-0.3, -0.25) is 0 Å². The number of halogens is 1. The van der Waals surface area contributed by atoms with Crippen LogP contribution >= 0.6 is 15.9 Å². The zero-order chi connectivity index (χ0) is 21.4. The minimum absolute atomic E-state index is 0.150. The second-order valence-electron chi connectivity index (χ2n) is 8.85. The van der Waals surface area contributed by atoms with Crippen LogP contribution in [0.5, 0.6) is 0 Å². The first-order valence-electron chi connectivity index (χ1n) is 11.1. The van der Waals surface area contributed by atoms with Gasteiger partial charge in [0.25, 0.3) is 0 Å². The van der Waals surface area contributed by atoms with Crippen molar-refractivity contribution in [1.29, 1.82) is 0 Å². The third-order valence-electron chi connectivity index (χ3n) is 6.45. The summed E-state index contributed by atoms with van der Waals surface area (Å²) < 4.78 is 8.64. The lowest BCUT2D eigenvalue weighted by Crippen LogP contribution is -2.43. The Bertz CT molecular complexity index is 951. The molecule has 0 amide bonds. The van der Waals surface area contributed by atoms with Gasteiger partial charge in [0.05, 0.1) is 23.1 Å². The Morgan fingerprint density at radius 1 is 1.17 bits per heavy atom. The van der Waals surface area contributed by atoms with Gasteiger partial charge >= 0.3 is 5.97 Å². The molecule has 0 bridgehead atoms. The SMILES string of the molecule is C=C(c1c(C)c(C(=O)OC(C)C)cc2cc(Br)cn12)N1CCC(N2CCCC2)CC1. The molecule has 4 heterocycles. The first kappa shape index (κ1) is 21.4. The highest BCUT2D eigenvalue weighted by atomic mass is 79.9. The average Bonchev–Trinajstić information content (AvgIpc) is 3.35. The summed E-state index contributed by atoms with van der Waals surface area (Å²) >= 11 is 3.59. The van der Waals surface area contributed by atoms with Gasteiger partial charge in [-0.05, 0) is 93.2 Å².